The number of hydrogen-bond acceptors (Lipinski definition) is 1. The molecule has 0 radical (unpaired) electrons. The maximum atomic E-state index is 10.6. The van der Waals surface area contributed by atoms with E-state index in [-0.39, 0.29) is 5.56 Å². The monoisotopic (exact) mass is 122 g/mol. The van der Waals surface area contributed by atoms with Gasteiger partial charge >= 0.3 is 0 Å². The minimum Gasteiger partial charge on any atom is -0.302 e. The molecule has 0 amide bonds. The lowest BCUT2D eigenvalue weighted by Crippen LogP contribution is -2.14. The van der Waals surface area contributed by atoms with Crippen molar-refractivity contribution in [3.63, 3.8) is 0 Å². The molecule has 0 saturated heterocycles. The van der Waals surface area contributed by atoms with E-state index in [0.717, 1.165) is 0 Å². The average molecular weight is 122 g/mol. The Morgan fingerprint density at radius 2 is 2.67 bits per heavy atom. The summed E-state index contributed by atoms with van der Waals surface area (Å²) in [5, 5.41) is 2.67. The topological polar surface area (TPSA) is 37.8 Å². The molecule has 0 aliphatic rings. The number of aromatic nitrogens is 2. The Hall–Kier alpha value is -1.43. The summed E-state index contributed by atoms with van der Waals surface area (Å²) >= 11 is 0. The van der Waals surface area contributed by atoms with Crippen molar-refractivity contribution in [1.82, 2.24) is 9.78 Å². The molecule has 3 nitrogen and oxygen atoms in total. The standard InChI is InChI=1S/C6H6N2O/c1-2-5-8-6(9)3-4-7-8/h1,3-4,7H,5H2. The van der Waals surface area contributed by atoms with Crippen LogP contribution < -0.4 is 5.56 Å². The number of nitrogens with one attached hydrogen (secondary N) is 1. The van der Waals surface area contributed by atoms with Crippen LogP contribution in [0, 0.1) is 12.3 Å². The van der Waals surface area contributed by atoms with Gasteiger partial charge in [0, 0.05) is 12.3 Å². The maximum Gasteiger partial charge on any atom is 0.267 e. The van der Waals surface area contributed by atoms with Crippen molar-refractivity contribution in [3.05, 3.63) is 22.6 Å². The first kappa shape index (κ1) is 5.70. The van der Waals surface area contributed by atoms with Gasteiger partial charge in [0.15, 0.2) is 0 Å². The van der Waals surface area contributed by atoms with Crippen molar-refractivity contribution in [2.24, 2.45) is 0 Å². The zero-order valence-corrected chi connectivity index (χ0v) is 4.79. The molecule has 1 heterocycles. The lowest BCUT2D eigenvalue weighted by Gasteiger charge is -1.89. The van der Waals surface area contributed by atoms with Gasteiger partial charge in [0.05, 0.1) is 0 Å². The van der Waals surface area contributed by atoms with Crippen LogP contribution in [0.4, 0.5) is 0 Å². The third-order valence-electron chi connectivity index (χ3n) is 0.972. The van der Waals surface area contributed by atoms with Crippen LogP contribution in [0.25, 0.3) is 0 Å². The summed E-state index contributed by atoms with van der Waals surface area (Å²) in [5.74, 6) is 2.34. The lowest BCUT2D eigenvalue weighted by atomic mass is 10.6. The average Bonchev–Trinajstić information content (AvgIpc) is 2.18. The molecule has 46 valence electrons. The largest absolute Gasteiger partial charge is 0.302 e. The molecule has 0 fully saturated rings. The van der Waals surface area contributed by atoms with Gasteiger partial charge in [0.1, 0.15) is 6.54 Å². The van der Waals surface area contributed by atoms with Crippen LogP contribution in [-0.2, 0) is 6.54 Å². The summed E-state index contributed by atoms with van der Waals surface area (Å²) in [5.41, 5.74) is -0.0899. The quantitative estimate of drug-likeness (QED) is 0.515. The van der Waals surface area contributed by atoms with E-state index in [2.05, 4.69) is 11.0 Å². The van der Waals surface area contributed by atoms with Gasteiger partial charge in [-0.15, -0.1) is 6.42 Å². The number of H-pyrrole nitrogens is 1. The van der Waals surface area contributed by atoms with Gasteiger partial charge in [-0.05, 0) is 0 Å². The van der Waals surface area contributed by atoms with E-state index in [4.69, 9.17) is 6.42 Å². The van der Waals surface area contributed by atoms with Crippen molar-refractivity contribution in [3.8, 4) is 12.3 Å². The molecule has 0 spiro atoms. The maximum absolute atomic E-state index is 10.6. The molecule has 0 aromatic carbocycles. The smallest absolute Gasteiger partial charge is 0.267 e. The van der Waals surface area contributed by atoms with Crippen LogP contribution in [0.3, 0.4) is 0 Å². The van der Waals surface area contributed by atoms with Crippen LogP contribution in [0.1, 0.15) is 0 Å². The Morgan fingerprint density at radius 1 is 1.89 bits per heavy atom. The van der Waals surface area contributed by atoms with E-state index >= 15 is 0 Å². The Labute approximate surface area is 52.3 Å². The highest BCUT2D eigenvalue weighted by Crippen LogP contribution is 1.71. The molecular formula is C6H6N2O. The molecule has 0 atom stereocenters. The molecule has 0 bridgehead atoms. The van der Waals surface area contributed by atoms with Crippen molar-refractivity contribution in [2.45, 2.75) is 6.54 Å². The highest BCUT2D eigenvalue weighted by molar-refractivity contribution is 4.88. The summed E-state index contributed by atoms with van der Waals surface area (Å²) in [4.78, 5) is 10.6. The van der Waals surface area contributed by atoms with E-state index in [1.54, 1.807) is 6.20 Å². The zero-order chi connectivity index (χ0) is 6.69. The van der Waals surface area contributed by atoms with Gasteiger partial charge in [0.2, 0.25) is 0 Å². The molecule has 0 unspecified atom stereocenters. The van der Waals surface area contributed by atoms with Crippen molar-refractivity contribution in [1.29, 1.82) is 0 Å². The summed E-state index contributed by atoms with van der Waals surface area (Å²) in [6.45, 7) is 0.311. The third kappa shape index (κ3) is 1.03. The Balaban J connectivity index is 2.98. The first-order valence-corrected chi connectivity index (χ1v) is 2.52. The van der Waals surface area contributed by atoms with Gasteiger partial charge in [-0.1, -0.05) is 5.92 Å². The molecular weight excluding hydrogens is 116 g/mol. The first-order chi connectivity index (χ1) is 4.34. The molecule has 0 aliphatic heterocycles. The fraction of sp³-hybridized carbons (Fsp3) is 0.167. The molecule has 0 aliphatic carbocycles. The number of terminal acetylenes is 1. The van der Waals surface area contributed by atoms with E-state index < -0.39 is 0 Å². The van der Waals surface area contributed by atoms with Crippen LogP contribution in [-0.4, -0.2) is 9.78 Å². The van der Waals surface area contributed by atoms with E-state index in [1.165, 1.54) is 10.7 Å². The fourth-order valence-electron chi connectivity index (χ4n) is 0.567. The second kappa shape index (κ2) is 2.23. The normalized spacial score (nSPS) is 8.78. The Bertz CT molecular complexity index is 276. The predicted molar refractivity (Wildman–Crippen MR) is 33.9 cm³/mol. The summed E-state index contributed by atoms with van der Waals surface area (Å²) in [6, 6.07) is 1.43. The van der Waals surface area contributed by atoms with Crippen molar-refractivity contribution < 1.29 is 0 Å². The second-order valence-electron chi connectivity index (χ2n) is 1.59. The number of hydrogen-bond donors (Lipinski definition) is 1. The Kier molecular flexibility index (Phi) is 1.41. The SMILES string of the molecule is C#CCn1[nH]ccc1=O. The van der Waals surface area contributed by atoms with Gasteiger partial charge in [-0.3, -0.25) is 4.79 Å². The van der Waals surface area contributed by atoms with E-state index in [0.29, 0.717) is 6.54 Å². The number of rotatable bonds is 1. The van der Waals surface area contributed by atoms with Gasteiger partial charge in [-0.25, -0.2) is 4.68 Å². The van der Waals surface area contributed by atoms with Crippen molar-refractivity contribution in [2.75, 3.05) is 0 Å². The third-order valence-corrected chi connectivity index (χ3v) is 0.972. The fourth-order valence-corrected chi connectivity index (χ4v) is 0.567. The first-order valence-electron chi connectivity index (χ1n) is 2.52. The molecule has 1 aromatic rings. The Morgan fingerprint density at radius 3 is 3.11 bits per heavy atom. The summed E-state index contributed by atoms with van der Waals surface area (Å²) < 4.78 is 1.35. The van der Waals surface area contributed by atoms with E-state index in [1.807, 2.05) is 0 Å². The summed E-state index contributed by atoms with van der Waals surface area (Å²) in [7, 11) is 0. The summed E-state index contributed by atoms with van der Waals surface area (Å²) in [6.07, 6.45) is 6.51. The van der Waals surface area contributed by atoms with Gasteiger partial charge in [-0.2, -0.15) is 0 Å². The zero-order valence-electron chi connectivity index (χ0n) is 4.79. The molecule has 3 heteroatoms. The number of aromatic amines is 1. The van der Waals surface area contributed by atoms with Gasteiger partial charge < -0.3 is 5.10 Å². The highest BCUT2D eigenvalue weighted by Gasteiger charge is 1.88. The van der Waals surface area contributed by atoms with Crippen LogP contribution in [0.2, 0.25) is 0 Å². The highest BCUT2D eigenvalue weighted by atomic mass is 16.1. The molecule has 0 saturated carbocycles. The lowest BCUT2D eigenvalue weighted by molar-refractivity contribution is 0.690. The van der Waals surface area contributed by atoms with Crippen LogP contribution in [0.5, 0.6) is 0 Å². The van der Waals surface area contributed by atoms with E-state index in [9.17, 15) is 4.79 Å². The predicted octanol–water partition coefficient (Wildman–Crippen LogP) is -0.190. The minimum atomic E-state index is -0.0899. The minimum absolute atomic E-state index is 0.0899. The second-order valence-corrected chi connectivity index (χ2v) is 1.59. The van der Waals surface area contributed by atoms with Crippen LogP contribution in [0.15, 0.2) is 17.1 Å². The van der Waals surface area contributed by atoms with Crippen LogP contribution >= 0.6 is 0 Å². The molecule has 1 rings (SSSR count). The molecule has 1 N–H and O–H groups in total. The molecule has 1 aromatic heterocycles. The molecule has 9 heavy (non-hydrogen) atoms. The number of nitrogens with zero attached hydrogens (tertiary/aromatic N) is 1. The van der Waals surface area contributed by atoms with Crippen molar-refractivity contribution >= 4 is 0 Å². The van der Waals surface area contributed by atoms with Gasteiger partial charge in [0.25, 0.3) is 5.56 Å².